The lowest BCUT2D eigenvalue weighted by Gasteiger charge is -2.51. The average Bonchev–Trinajstić information content (AvgIpc) is 3.00. The van der Waals surface area contributed by atoms with Gasteiger partial charge in [0, 0.05) is 56.4 Å². The van der Waals surface area contributed by atoms with E-state index in [1.165, 1.54) is 48.2 Å². The normalized spacial score (nSPS) is 20.2. The molecular weight excluding hydrogens is 647 g/mol. The van der Waals surface area contributed by atoms with Crippen LogP contribution in [0.1, 0.15) is 86.9 Å². The fourth-order valence-electron chi connectivity index (χ4n) is 7.41. The number of aryl methyl sites for hydroxylation is 2. The number of halogens is 1. The Morgan fingerprint density at radius 1 is 0.909 bits per heavy atom. The van der Waals surface area contributed by atoms with Gasteiger partial charge < -0.3 is 10.3 Å². The van der Waals surface area contributed by atoms with E-state index >= 15 is 0 Å². The molecule has 3 heteroatoms. The van der Waals surface area contributed by atoms with Crippen molar-refractivity contribution in [2.45, 2.75) is 68.2 Å². The predicted molar refractivity (Wildman–Crippen MR) is 199 cm³/mol. The Morgan fingerprint density at radius 3 is 2.23 bits per heavy atom. The summed E-state index contributed by atoms with van der Waals surface area (Å²) < 4.78 is 1.23. The Balaban J connectivity index is 1.42. The van der Waals surface area contributed by atoms with Crippen molar-refractivity contribution in [2.24, 2.45) is 10.8 Å². The van der Waals surface area contributed by atoms with Gasteiger partial charge in [-0.15, -0.1) is 0 Å². The van der Waals surface area contributed by atoms with Crippen molar-refractivity contribution in [3.8, 4) is 0 Å². The zero-order valence-corrected chi connectivity index (χ0v) is 29.9. The third kappa shape index (κ3) is 6.05. The van der Waals surface area contributed by atoms with E-state index in [-0.39, 0.29) is 10.8 Å². The molecule has 3 aromatic carbocycles. The molecule has 1 N–H and O–H groups in total. The van der Waals surface area contributed by atoms with Gasteiger partial charge in [-0.2, -0.15) is 0 Å². The zero-order valence-electron chi connectivity index (χ0n) is 27.7. The van der Waals surface area contributed by atoms with E-state index in [2.05, 4.69) is 168 Å². The number of hydrogen-bond donors (Lipinski definition) is 1. The van der Waals surface area contributed by atoms with E-state index in [1.54, 1.807) is 5.57 Å². The fourth-order valence-corrected chi connectivity index (χ4v) is 8.23. The molecule has 0 bridgehead atoms. The summed E-state index contributed by atoms with van der Waals surface area (Å²) >= 11 is 2.42. The van der Waals surface area contributed by atoms with Crippen LogP contribution in [0.4, 0.5) is 0 Å². The topological polar surface area (TPSA) is 27.1 Å². The summed E-state index contributed by atoms with van der Waals surface area (Å²) in [5, 5.41) is 9.23. The predicted octanol–water partition coefficient (Wildman–Crippen LogP) is 11.1. The van der Waals surface area contributed by atoms with Crippen LogP contribution in [0.15, 0.2) is 90.5 Å². The summed E-state index contributed by atoms with van der Waals surface area (Å²) in [5.41, 5.74) is 14.8. The number of hydrogen-bond acceptors (Lipinski definition) is 2. The molecule has 2 nitrogen and oxygen atoms in total. The van der Waals surface area contributed by atoms with Crippen molar-refractivity contribution >= 4 is 45.1 Å². The maximum Gasteiger partial charge on any atom is 0.0437 e. The van der Waals surface area contributed by atoms with Crippen molar-refractivity contribution in [1.82, 2.24) is 4.90 Å². The molecule has 1 aliphatic heterocycles. The van der Waals surface area contributed by atoms with Crippen molar-refractivity contribution in [3.05, 3.63) is 133 Å². The van der Waals surface area contributed by atoms with Crippen molar-refractivity contribution in [2.75, 3.05) is 13.1 Å². The quantitative estimate of drug-likeness (QED) is 0.149. The summed E-state index contributed by atoms with van der Waals surface area (Å²) in [6, 6.07) is 22.2. The molecule has 228 valence electrons. The van der Waals surface area contributed by atoms with Gasteiger partial charge in [-0.3, -0.25) is 0 Å². The summed E-state index contributed by atoms with van der Waals surface area (Å²) in [6.45, 7) is 19.8. The molecule has 1 atom stereocenters. The molecule has 0 unspecified atom stereocenters. The number of allylic oxidation sites excluding steroid dienone is 5. The molecule has 0 amide bonds. The largest absolute Gasteiger partial charge is 0.367 e. The van der Waals surface area contributed by atoms with E-state index in [0.29, 0.717) is 12.1 Å². The highest BCUT2D eigenvalue weighted by atomic mass is 127. The van der Waals surface area contributed by atoms with Crippen LogP contribution in [0.5, 0.6) is 0 Å². The Labute approximate surface area is 279 Å². The van der Waals surface area contributed by atoms with E-state index in [9.17, 15) is 5.41 Å². The van der Waals surface area contributed by atoms with Crippen LogP contribution in [0, 0.1) is 33.7 Å². The lowest BCUT2D eigenvalue weighted by molar-refractivity contribution is 0.218. The van der Waals surface area contributed by atoms with E-state index < -0.39 is 0 Å². The molecule has 1 heterocycles. The number of fused-ring (bicyclic) bond motifs is 1. The zero-order chi connectivity index (χ0) is 31.8. The Hall–Kier alpha value is -3.18. The Kier molecular flexibility index (Phi) is 9.28. The first-order valence-electron chi connectivity index (χ1n) is 15.9. The van der Waals surface area contributed by atoms with Gasteiger partial charge >= 0.3 is 0 Å². The minimum atomic E-state index is -0.0459. The highest BCUT2D eigenvalue weighted by molar-refractivity contribution is 14.1. The highest BCUT2D eigenvalue weighted by Gasteiger charge is 2.46. The van der Waals surface area contributed by atoms with Gasteiger partial charge in [0.15, 0.2) is 0 Å². The van der Waals surface area contributed by atoms with Crippen molar-refractivity contribution in [1.29, 1.82) is 5.41 Å². The number of benzene rings is 3. The Morgan fingerprint density at radius 2 is 1.57 bits per heavy atom. The molecule has 0 fully saturated rings. The molecule has 0 saturated carbocycles. The molecule has 0 radical (unpaired) electrons. The molecule has 0 aromatic heterocycles. The standard InChI is InChI=1S/C41H47IN2/c1-9-27(3)30-15-17-31(18-16-30)35-19-21-41(8)26-44(22-20-39(41)40(35,6)7)38(10-2)34-14-12-11-13-33(34)37(43)25-32-23-28(4)29(5)24-36(32)42/h9-20,23-24,43H,21-22,25-26H2,1-8H3/b27-9+,38-10-,43-37?/t41-/m1/s1. The first kappa shape index (κ1) is 32.2. The molecular formula is C41H47IN2. The molecule has 2 aliphatic rings. The lowest BCUT2D eigenvalue weighted by atomic mass is 9.58. The molecule has 0 spiro atoms. The van der Waals surface area contributed by atoms with Crippen LogP contribution in [0.25, 0.3) is 16.8 Å². The highest BCUT2D eigenvalue weighted by Crippen LogP contribution is 2.56. The molecule has 5 rings (SSSR count). The number of nitrogens with zero attached hydrogens (tertiary/aromatic N) is 1. The van der Waals surface area contributed by atoms with Crippen LogP contribution in [-0.2, 0) is 6.42 Å². The first-order valence-corrected chi connectivity index (χ1v) is 17.0. The average molecular weight is 695 g/mol. The summed E-state index contributed by atoms with van der Waals surface area (Å²) in [6.07, 6.45) is 11.1. The monoisotopic (exact) mass is 694 g/mol. The van der Waals surface area contributed by atoms with Crippen LogP contribution < -0.4 is 0 Å². The van der Waals surface area contributed by atoms with Crippen LogP contribution in [0.2, 0.25) is 0 Å². The fraction of sp³-hybridized carbons (Fsp3) is 0.341. The smallest absolute Gasteiger partial charge is 0.0437 e. The van der Waals surface area contributed by atoms with Crippen LogP contribution in [0.3, 0.4) is 0 Å². The van der Waals surface area contributed by atoms with E-state index in [1.807, 2.05) is 0 Å². The number of nitrogens with one attached hydrogen (secondary N) is 1. The second kappa shape index (κ2) is 12.7. The minimum Gasteiger partial charge on any atom is -0.367 e. The van der Waals surface area contributed by atoms with Gasteiger partial charge in [0.05, 0.1) is 0 Å². The van der Waals surface area contributed by atoms with Gasteiger partial charge in [-0.25, -0.2) is 0 Å². The maximum atomic E-state index is 9.23. The summed E-state index contributed by atoms with van der Waals surface area (Å²) in [7, 11) is 0. The van der Waals surface area contributed by atoms with Gasteiger partial charge in [0.1, 0.15) is 0 Å². The second-order valence-corrected chi connectivity index (χ2v) is 14.6. The summed E-state index contributed by atoms with van der Waals surface area (Å²) in [5.74, 6) is 0. The van der Waals surface area contributed by atoms with Crippen LogP contribution >= 0.6 is 22.6 Å². The maximum absolute atomic E-state index is 9.23. The second-order valence-electron chi connectivity index (χ2n) is 13.5. The summed E-state index contributed by atoms with van der Waals surface area (Å²) in [4.78, 5) is 2.54. The molecule has 44 heavy (non-hydrogen) atoms. The number of rotatable bonds is 7. The lowest BCUT2D eigenvalue weighted by Crippen LogP contribution is -2.46. The third-order valence-corrected chi connectivity index (χ3v) is 11.1. The van der Waals surface area contributed by atoms with Gasteiger partial charge in [-0.1, -0.05) is 105 Å². The van der Waals surface area contributed by atoms with Gasteiger partial charge in [0.25, 0.3) is 0 Å². The van der Waals surface area contributed by atoms with E-state index in [0.717, 1.165) is 30.6 Å². The van der Waals surface area contributed by atoms with Crippen LogP contribution in [-0.4, -0.2) is 23.7 Å². The van der Waals surface area contributed by atoms with E-state index in [4.69, 9.17) is 0 Å². The SMILES string of the molecule is C/C=C(/c1ccccc1C(=N)Cc1cc(C)c(C)cc1I)N1CC=C2C(C)(C)C(c3ccc(/C(C)=C/C)cc3)=CC[C@]2(C)C1. The van der Waals surface area contributed by atoms with Crippen molar-refractivity contribution in [3.63, 3.8) is 0 Å². The molecule has 0 saturated heterocycles. The minimum absolute atomic E-state index is 0.0407. The molecule has 1 aliphatic carbocycles. The molecule has 3 aromatic rings. The third-order valence-electron chi connectivity index (χ3n) is 10.1. The van der Waals surface area contributed by atoms with Gasteiger partial charge in [0.2, 0.25) is 0 Å². The van der Waals surface area contributed by atoms with Gasteiger partial charge in [-0.05, 0) is 109 Å². The Bertz CT molecular complexity index is 1710. The first-order chi connectivity index (χ1) is 20.9. The van der Waals surface area contributed by atoms with Crippen molar-refractivity contribution < 1.29 is 0 Å².